The van der Waals surface area contributed by atoms with Gasteiger partial charge in [0.15, 0.2) is 5.03 Å². The topological polar surface area (TPSA) is 101 Å². The third-order valence-electron chi connectivity index (χ3n) is 3.76. The molecule has 2 aromatic rings. The van der Waals surface area contributed by atoms with Gasteiger partial charge in [-0.15, -0.1) is 0 Å². The molecule has 7 nitrogen and oxygen atoms in total. The highest BCUT2D eigenvalue weighted by atomic mass is 32.2. The SMILES string of the molecule is CNS(=O)(=O)c1ccc(C(=O)N[C@H]2C[C@@H]2c2cccnc2)cn1. The molecule has 23 heavy (non-hydrogen) atoms. The highest BCUT2D eigenvalue weighted by Crippen LogP contribution is 2.40. The third-order valence-corrected chi connectivity index (χ3v) is 5.09. The molecule has 1 saturated carbocycles. The molecule has 0 aliphatic heterocycles. The average molecular weight is 332 g/mol. The van der Waals surface area contributed by atoms with Crippen LogP contribution in [0.2, 0.25) is 0 Å². The van der Waals surface area contributed by atoms with Crippen LogP contribution in [-0.4, -0.2) is 37.4 Å². The van der Waals surface area contributed by atoms with E-state index in [0.29, 0.717) is 5.56 Å². The van der Waals surface area contributed by atoms with Crippen molar-refractivity contribution < 1.29 is 13.2 Å². The van der Waals surface area contributed by atoms with Gasteiger partial charge in [-0.05, 0) is 37.2 Å². The smallest absolute Gasteiger partial charge is 0.257 e. The Balaban J connectivity index is 1.64. The van der Waals surface area contributed by atoms with Crippen molar-refractivity contribution >= 4 is 15.9 Å². The highest BCUT2D eigenvalue weighted by molar-refractivity contribution is 7.89. The van der Waals surface area contributed by atoms with E-state index in [1.807, 2.05) is 12.1 Å². The van der Waals surface area contributed by atoms with Gasteiger partial charge in [-0.25, -0.2) is 18.1 Å². The average Bonchev–Trinajstić information content (AvgIpc) is 3.35. The molecule has 120 valence electrons. The van der Waals surface area contributed by atoms with Crippen molar-refractivity contribution in [1.29, 1.82) is 0 Å². The molecule has 0 radical (unpaired) electrons. The summed E-state index contributed by atoms with van der Waals surface area (Å²) in [4.78, 5) is 20.1. The Bertz CT molecular complexity index is 806. The molecule has 1 fully saturated rings. The van der Waals surface area contributed by atoms with Gasteiger partial charge in [0.25, 0.3) is 15.9 Å². The molecule has 1 aliphatic carbocycles. The lowest BCUT2D eigenvalue weighted by Crippen LogP contribution is -2.27. The summed E-state index contributed by atoms with van der Waals surface area (Å²) in [6, 6.07) is 6.70. The van der Waals surface area contributed by atoms with E-state index in [4.69, 9.17) is 0 Å². The maximum Gasteiger partial charge on any atom is 0.257 e. The van der Waals surface area contributed by atoms with Gasteiger partial charge in [0.05, 0.1) is 5.56 Å². The van der Waals surface area contributed by atoms with Crippen molar-refractivity contribution in [2.45, 2.75) is 23.4 Å². The van der Waals surface area contributed by atoms with Gasteiger partial charge in [-0.3, -0.25) is 9.78 Å². The van der Waals surface area contributed by atoms with E-state index in [2.05, 4.69) is 20.0 Å². The number of nitrogens with one attached hydrogen (secondary N) is 2. The molecular weight excluding hydrogens is 316 g/mol. The van der Waals surface area contributed by atoms with Crippen LogP contribution in [0.25, 0.3) is 0 Å². The number of sulfonamides is 1. The molecule has 1 amide bonds. The van der Waals surface area contributed by atoms with Crippen molar-refractivity contribution in [1.82, 2.24) is 20.0 Å². The summed E-state index contributed by atoms with van der Waals surface area (Å²) >= 11 is 0. The molecule has 1 aliphatic rings. The highest BCUT2D eigenvalue weighted by Gasteiger charge is 2.39. The number of carbonyl (C=O) groups is 1. The summed E-state index contributed by atoms with van der Waals surface area (Å²) in [5.74, 6) is 0.0202. The lowest BCUT2D eigenvalue weighted by molar-refractivity contribution is 0.0949. The predicted octanol–water partition coefficient (Wildman–Crippen LogP) is 0.671. The second-order valence-electron chi connectivity index (χ2n) is 5.30. The summed E-state index contributed by atoms with van der Waals surface area (Å²) in [5.41, 5.74) is 1.43. The maximum atomic E-state index is 12.2. The largest absolute Gasteiger partial charge is 0.349 e. The summed E-state index contributed by atoms with van der Waals surface area (Å²) in [6.07, 6.45) is 5.65. The lowest BCUT2D eigenvalue weighted by atomic mass is 10.2. The fourth-order valence-electron chi connectivity index (χ4n) is 2.35. The van der Waals surface area contributed by atoms with Crippen LogP contribution in [0, 0.1) is 0 Å². The second-order valence-corrected chi connectivity index (χ2v) is 7.13. The van der Waals surface area contributed by atoms with Gasteiger partial charge < -0.3 is 5.32 Å². The van der Waals surface area contributed by atoms with Crippen LogP contribution in [0.4, 0.5) is 0 Å². The first-order valence-electron chi connectivity index (χ1n) is 7.11. The molecule has 0 unspecified atom stereocenters. The van der Waals surface area contributed by atoms with Crippen molar-refractivity contribution in [3.05, 3.63) is 54.0 Å². The molecule has 2 atom stereocenters. The van der Waals surface area contributed by atoms with E-state index in [9.17, 15) is 13.2 Å². The number of nitrogens with zero attached hydrogens (tertiary/aromatic N) is 2. The number of rotatable bonds is 5. The van der Waals surface area contributed by atoms with Gasteiger partial charge in [-0.1, -0.05) is 6.07 Å². The van der Waals surface area contributed by atoms with Gasteiger partial charge in [-0.2, -0.15) is 0 Å². The van der Waals surface area contributed by atoms with Crippen molar-refractivity contribution in [3.8, 4) is 0 Å². The molecular formula is C15H16N4O3S. The number of hydrogen-bond donors (Lipinski definition) is 2. The van der Waals surface area contributed by atoms with Crippen LogP contribution in [0.15, 0.2) is 47.9 Å². The Morgan fingerprint density at radius 3 is 2.70 bits per heavy atom. The molecule has 2 N–H and O–H groups in total. The minimum absolute atomic E-state index is 0.0763. The van der Waals surface area contributed by atoms with Gasteiger partial charge in [0.1, 0.15) is 0 Å². The van der Waals surface area contributed by atoms with Gasteiger partial charge in [0.2, 0.25) is 0 Å². The van der Waals surface area contributed by atoms with E-state index in [-0.39, 0.29) is 22.9 Å². The molecule has 0 bridgehead atoms. The first-order chi connectivity index (χ1) is 11.0. The minimum atomic E-state index is -3.60. The molecule has 2 heterocycles. The molecule has 0 spiro atoms. The van der Waals surface area contributed by atoms with E-state index < -0.39 is 10.0 Å². The van der Waals surface area contributed by atoms with Crippen LogP contribution in [0.3, 0.4) is 0 Å². The Morgan fingerprint density at radius 1 is 1.26 bits per heavy atom. The zero-order valence-corrected chi connectivity index (χ0v) is 13.2. The van der Waals surface area contributed by atoms with E-state index >= 15 is 0 Å². The number of amides is 1. The fourth-order valence-corrected chi connectivity index (χ4v) is 3.00. The van der Waals surface area contributed by atoms with Gasteiger partial charge in [0, 0.05) is 30.6 Å². The van der Waals surface area contributed by atoms with Crippen molar-refractivity contribution in [2.24, 2.45) is 0 Å². The maximum absolute atomic E-state index is 12.2. The minimum Gasteiger partial charge on any atom is -0.349 e. The number of aromatic nitrogens is 2. The summed E-state index contributed by atoms with van der Waals surface area (Å²) in [6.45, 7) is 0. The normalized spacial score (nSPS) is 20.0. The van der Waals surface area contributed by atoms with Crippen LogP contribution in [0.5, 0.6) is 0 Å². The molecule has 8 heteroatoms. The lowest BCUT2D eigenvalue weighted by Gasteiger charge is -2.06. The van der Waals surface area contributed by atoms with Crippen molar-refractivity contribution in [2.75, 3.05) is 7.05 Å². The zero-order chi connectivity index (χ0) is 16.4. The van der Waals surface area contributed by atoms with Crippen molar-refractivity contribution in [3.63, 3.8) is 0 Å². The monoisotopic (exact) mass is 332 g/mol. The quantitative estimate of drug-likeness (QED) is 0.838. The summed E-state index contributed by atoms with van der Waals surface area (Å²) in [7, 11) is -2.29. The Labute approximate surface area is 134 Å². The molecule has 3 rings (SSSR count). The third kappa shape index (κ3) is 3.38. The molecule has 2 aromatic heterocycles. The molecule has 0 aromatic carbocycles. The van der Waals surface area contributed by atoms with E-state index in [0.717, 1.165) is 12.0 Å². The number of hydrogen-bond acceptors (Lipinski definition) is 5. The Hall–Kier alpha value is -2.32. The van der Waals surface area contributed by atoms with Crippen LogP contribution >= 0.6 is 0 Å². The zero-order valence-electron chi connectivity index (χ0n) is 12.4. The molecule has 0 saturated heterocycles. The predicted molar refractivity (Wildman–Crippen MR) is 83.3 cm³/mol. The standard InChI is InChI=1S/C15H16N4O3S/c1-16-23(21,22)14-5-4-11(9-18-14)15(20)19-13-7-12(13)10-3-2-6-17-8-10/h2-6,8-9,12-13,16H,7H2,1H3,(H,19,20)/t12-,13+/m1/s1. The van der Waals surface area contributed by atoms with E-state index in [1.54, 1.807) is 12.4 Å². The first kappa shape index (κ1) is 15.6. The summed E-state index contributed by atoms with van der Waals surface area (Å²) in [5, 5.41) is 2.80. The Kier molecular flexibility index (Phi) is 4.10. The van der Waals surface area contributed by atoms with E-state index in [1.165, 1.54) is 25.4 Å². The van der Waals surface area contributed by atoms with Crippen LogP contribution in [0.1, 0.15) is 28.3 Å². The number of pyridine rings is 2. The van der Waals surface area contributed by atoms with Crippen LogP contribution in [-0.2, 0) is 10.0 Å². The first-order valence-corrected chi connectivity index (χ1v) is 8.60. The Morgan fingerprint density at radius 2 is 2.09 bits per heavy atom. The second kappa shape index (κ2) is 6.05. The van der Waals surface area contributed by atoms with Gasteiger partial charge >= 0.3 is 0 Å². The summed E-state index contributed by atoms with van der Waals surface area (Å²) < 4.78 is 25.4. The number of carbonyl (C=O) groups excluding carboxylic acids is 1. The van der Waals surface area contributed by atoms with Crippen LogP contribution < -0.4 is 10.0 Å². The fraction of sp³-hybridized carbons (Fsp3) is 0.267.